The molecule has 2 aliphatic carbocycles. The highest BCUT2D eigenvalue weighted by Gasteiger charge is 2.51. The minimum absolute atomic E-state index is 0.245. The van der Waals surface area contributed by atoms with Gasteiger partial charge in [-0.2, -0.15) is 0 Å². The summed E-state index contributed by atoms with van der Waals surface area (Å²) in [6, 6.07) is 0. The van der Waals surface area contributed by atoms with Gasteiger partial charge in [-0.05, 0) is 84.9 Å². The summed E-state index contributed by atoms with van der Waals surface area (Å²) in [5, 5.41) is 0. The molecule has 0 bridgehead atoms. The van der Waals surface area contributed by atoms with Crippen LogP contribution >= 0.6 is 0 Å². The van der Waals surface area contributed by atoms with E-state index in [1.54, 1.807) is 0 Å². The predicted octanol–water partition coefficient (Wildman–Crippen LogP) is 8.15. The molecule has 0 aromatic heterocycles. The fourth-order valence-corrected chi connectivity index (χ4v) is 6.85. The van der Waals surface area contributed by atoms with Gasteiger partial charge >= 0.3 is 0 Å². The Morgan fingerprint density at radius 1 is 0.808 bits per heavy atom. The smallest absolute Gasteiger partial charge is 0.00244 e. The summed E-state index contributed by atoms with van der Waals surface area (Å²) in [5.74, 6) is 6.50. The molecule has 0 radical (unpaired) electrons. The fraction of sp³-hybridized carbons (Fsp3) is 0.846. The van der Waals surface area contributed by atoms with Gasteiger partial charge in [-0.25, -0.2) is 0 Å². The summed E-state index contributed by atoms with van der Waals surface area (Å²) in [6.45, 7) is 23.5. The van der Waals surface area contributed by atoms with Gasteiger partial charge in [0.2, 0.25) is 0 Å². The molecule has 0 aromatic carbocycles. The maximum Gasteiger partial charge on any atom is -0.00244 e. The maximum atomic E-state index is 4.49. The zero-order valence-corrected chi connectivity index (χ0v) is 18.6. The van der Waals surface area contributed by atoms with Crippen LogP contribution in [0, 0.1) is 52.8 Å². The van der Waals surface area contributed by atoms with E-state index in [4.69, 9.17) is 0 Å². The molecule has 26 heavy (non-hydrogen) atoms. The maximum absolute atomic E-state index is 4.49. The van der Waals surface area contributed by atoms with Gasteiger partial charge in [-0.15, -0.1) is 13.2 Å². The first-order valence-corrected chi connectivity index (χ1v) is 11.5. The molecule has 0 N–H and O–H groups in total. The fourth-order valence-electron chi connectivity index (χ4n) is 6.85. The van der Waals surface area contributed by atoms with Crippen molar-refractivity contribution < 1.29 is 0 Å². The van der Waals surface area contributed by atoms with Gasteiger partial charge in [0.25, 0.3) is 0 Å². The lowest BCUT2D eigenvalue weighted by Gasteiger charge is -2.56. The quantitative estimate of drug-likeness (QED) is 0.403. The van der Waals surface area contributed by atoms with Crippen LogP contribution in [-0.4, -0.2) is 0 Å². The van der Waals surface area contributed by atoms with E-state index in [2.05, 4.69) is 66.9 Å². The van der Waals surface area contributed by atoms with Gasteiger partial charge in [0.1, 0.15) is 0 Å². The van der Waals surface area contributed by atoms with Gasteiger partial charge in [0.15, 0.2) is 0 Å². The second kappa shape index (κ2) is 9.11. The lowest BCUT2D eigenvalue weighted by atomic mass is 9.49. The Hall–Kier alpha value is -0.520. The van der Waals surface area contributed by atoms with E-state index in [1.165, 1.54) is 38.5 Å². The van der Waals surface area contributed by atoms with Crippen molar-refractivity contribution >= 4 is 0 Å². The van der Waals surface area contributed by atoms with Crippen LogP contribution in [0.4, 0.5) is 0 Å². The third kappa shape index (κ3) is 4.31. The minimum Gasteiger partial charge on any atom is -0.103 e. The van der Waals surface area contributed by atoms with Crippen LogP contribution in [0.5, 0.6) is 0 Å². The lowest BCUT2D eigenvalue weighted by Crippen LogP contribution is -2.48. The summed E-state index contributed by atoms with van der Waals surface area (Å²) in [4.78, 5) is 0. The highest BCUT2D eigenvalue weighted by Crippen LogP contribution is 2.58. The van der Waals surface area contributed by atoms with E-state index in [-0.39, 0.29) is 5.41 Å². The zero-order chi connectivity index (χ0) is 19.5. The molecule has 6 atom stereocenters. The zero-order valence-electron chi connectivity index (χ0n) is 18.6. The molecular weight excluding hydrogens is 312 g/mol. The Balaban J connectivity index is 2.50. The van der Waals surface area contributed by atoms with E-state index in [9.17, 15) is 0 Å². The first-order valence-electron chi connectivity index (χ1n) is 11.5. The molecule has 2 fully saturated rings. The highest BCUT2D eigenvalue weighted by molar-refractivity contribution is 5.11. The molecule has 0 heteroatoms. The standard InChI is InChI=1S/C26H46/c1-9-15-26(10-2,24-16-20(7)11-13-22(24)18(3)4)25-17-21(8)12-14-23(25)19(5)6/h9-10,18-25H,1-2,11-17H2,3-8H3. The second-order valence-electron chi connectivity index (χ2n) is 10.7. The van der Waals surface area contributed by atoms with Crippen molar-refractivity contribution in [3.63, 3.8) is 0 Å². The lowest BCUT2D eigenvalue weighted by molar-refractivity contribution is -0.0406. The van der Waals surface area contributed by atoms with E-state index < -0.39 is 0 Å². The highest BCUT2D eigenvalue weighted by atomic mass is 14.6. The summed E-state index contributed by atoms with van der Waals surface area (Å²) < 4.78 is 0. The second-order valence-corrected chi connectivity index (χ2v) is 10.7. The summed E-state index contributed by atoms with van der Waals surface area (Å²) in [5.41, 5.74) is 0.245. The molecule has 2 saturated carbocycles. The Morgan fingerprint density at radius 3 is 1.54 bits per heavy atom. The molecule has 0 amide bonds. The normalized spacial score (nSPS) is 38.2. The average Bonchev–Trinajstić information content (AvgIpc) is 2.59. The molecule has 0 nitrogen and oxygen atoms in total. The van der Waals surface area contributed by atoms with Gasteiger partial charge < -0.3 is 0 Å². The van der Waals surface area contributed by atoms with E-state index in [0.717, 1.165) is 53.8 Å². The van der Waals surface area contributed by atoms with Gasteiger partial charge in [-0.1, -0.05) is 66.5 Å². The molecule has 0 aliphatic heterocycles. The van der Waals surface area contributed by atoms with Crippen molar-refractivity contribution in [3.8, 4) is 0 Å². The largest absolute Gasteiger partial charge is 0.103 e. The molecule has 2 rings (SSSR count). The number of allylic oxidation sites excluding steroid dienone is 2. The van der Waals surface area contributed by atoms with Crippen LogP contribution in [-0.2, 0) is 0 Å². The topological polar surface area (TPSA) is 0 Å². The third-order valence-electron chi connectivity index (χ3n) is 8.30. The molecule has 0 heterocycles. The predicted molar refractivity (Wildman–Crippen MR) is 117 cm³/mol. The molecule has 2 aliphatic rings. The summed E-state index contributed by atoms with van der Waals surface area (Å²) in [6.07, 6.45) is 14.2. The Kier molecular flexibility index (Phi) is 7.63. The monoisotopic (exact) mass is 358 g/mol. The molecule has 0 saturated heterocycles. The van der Waals surface area contributed by atoms with E-state index in [1.807, 2.05) is 0 Å². The number of hydrogen-bond acceptors (Lipinski definition) is 0. The van der Waals surface area contributed by atoms with Gasteiger partial charge in [0, 0.05) is 0 Å². The molecular formula is C26H46. The number of rotatable bonds is 7. The van der Waals surface area contributed by atoms with Crippen LogP contribution in [0.25, 0.3) is 0 Å². The Labute approximate surface area is 164 Å². The van der Waals surface area contributed by atoms with Crippen molar-refractivity contribution in [2.75, 3.05) is 0 Å². The first-order chi connectivity index (χ1) is 12.3. The minimum atomic E-state index is 0.245. The summed E-state index contributed by atoms with van der Waals surface area (Å²) in [7, 11) is 0. The van der Waals surface area contributed by atoms with Crippen molar-refractivity contribution in [3.05, 3.63) is 25.3 Å². The van der Waals surface area contributed by atoms with Crippen LogP contribution in [0.1, 0.15) is 86.5 Å². The van der Waals surface area contributed by atoms with Crippen LogP contribution in [0.2, 0.25) is 0 Å². The van der Waals surface area contributed by atoms with Crippen molar-refractivity contribution in [1.82, 2.24) is 0 Å². The van der Waals surface area contributed by atoms with Crippen molar-refractivity contribution in [2.24, 2.45) is 52.8 Å². The molecule has 6 unspecified atom stereocenters. The van der Waals surface area contributed by atoms with Crippen LogP contribution in [0.3, 0.4) is 0 Å². The van der Waals surface area contributed by atoms with E-state index >= 15 is 0 Å². The molecule has 0 spiro atoms. The van der Waals surface area contributed by atoms with Crippen LogP contribution in [0.15, 0.2) is 25.3 Å². The third-order valence-corrected chi connectivity index (χ3v) is 8.30. The SMILES string of the molecule is C=CCC(C=C)(C1CC(C)CCC1C(C)C)C1CC(C)CCC1C(C)C. The van der Waals surface area contributed by atoms with E-state index in [0.29, 0.717) is 0 Å². The molecule has 0 aromatic rings. The van der Waals surface area contributed by atoms with Gasteiger partial charge in [0.05, 0.1) is 0 Å². The molecule has 150 valence electrons. The Bertz CT molecular complexity index is 425. The van der Waals surface area contributed by atoms with Crippen molar-refractivity contribution in [1.29, 1.82) is 0 Å². The number of hydrogen-bond donors (Lipinski definition) is 0. The van der Waals surface area contributed by atoms with Gasteiger partial charge in [-0.3, -0.25) is 0 Å². The average molecular weight is 359 g/mol. The van der Waals surface area contributed by atoms with Crippen molar-refractivity contribution in [2.45, 2.75) is 86.5 Å². The first kappa shape index (κ1) is 21.8. The van der Waals surface area contributed by atoms with Crippen LogP contribution < -0.4 is 0 Å². The Morgan fingerprint density at radius 2 is 1.23 bits per heavy atom. The summed E-state index contributed by atoms with van der Waals surface area (Å²) >= 11 is 0.